The van der Waals surface area contributed by atoms with Crippen LogP contribution in [-0.4, -0.2) is 58.6 Å². The molecular weight excluding hydrogens is 325 g/mol. The van der Waals surface area contributed by atoms with E-state index in [2.05, 4.69) is 25.9 Å². The predicted octanol–water partition coefficient (Wildman–Crippen LogP) is 1.92. The van der Waals surface area contributed by atoms with Crippen molar-refractivity contribution in [3.05, 3.63) is 18.5 Å². The van der Waals surface area contributed by atoms with Crippen LogP contribution in [0.2, 0.25) is 0 Å². The average Bonchev–Trinajstić information content (AvgIpc) is 2.39. The second-order valence-corrected chi connectivity index (χ2v) is 5.45. The zero-order chi connectivity index (χ0) is 13.9. The Hall–Kier alpha value is -0.890. The number of nitrogens with zero attached hydrogens (tertiary/aromatic N) is 4. The third-order valence-corrected chi connectivity index (χ3v) is 3.79. The maximum absolute atomic E-state index is 12.4. The van der Waals surface area contributed by atoms with E-state index >= 15 is 0 Å². The Balaban J connectivity index is 1.83. The normalized spacial score (nSPS) is 19.5. The Morgan fingerprint density at radius 2 is 1.74 bits per heavy atom. The Labute approximate surface area is 117 Å². The number of hydrogen-bond acceptors (Lipinski definition) is 4. The lowest BCUT2D eigenvalue weighted by molar-refractivity contribution is -0.130. The third kappa shape index (κ3) is 4.04. The highest BCUT2D eigenvalue weighted by molar-refractivity contribution is 9.09. The number of anilines is 1. The fraction of sp³-hybridized carbons (Fsp3) is 0.636. The summed E-state index contributed by atoms with van der Waals surface area (Å²) in [6.07, 6.45) is -0.876. The molecule has 1 aromatic heterocycles. The number of aromatic nitrogens is 2. The second-order valence-electron chi connectivity index (χ2n) is 4.35. The highest BCUT2D eigenvalue weighted by Crippen LogP contribution is 2.27. The fourth-order valence-corrected chi connectivity index (χ4v) is 2.32. The van der Waals surface area contributed by atoms with Crippen molar-refractivity contribution in [2.45, 2.75) is 11.0 Å². The Morgan fingerprint density at radius 1 is 1.16 bits per heavy atom. The molecule has 1 aromatic rings. The van der Waals surface area contributed by atoms with Gasteiger partial charge in [0.2, 0.25) is 5.95 Å². The van der Waals surface area contributed by atoms with Crippen LogP contribution in [0.3, 0.4) is 0 Å². The SMILES string of the molecule is FC(F)(F)C(Br)CN1CCN(c2ncccn2)CC1. The molecule has 1 fully saturated rings. The molecule has 2 rings (SSSR count). The summed E-state index contributed by atoms with van der Waals surface area (Å²) in [5.74, 6) is 0.633. The Kier molecular flexibility index (Phi) is 4.62. The molecule has 0 radical (unpaired) electrons. The van der Waals surface area contributed by atoms with Crippen LogP contribution in [0.1, 0.15) is 0 Å². The fourth-order valence-electron chi connectivity index (χ4n) is 1.92. The van der Waals surface area contributed by atoms with Gasteiger partial charge in [0.05, 0.1) is 0 Å². The van der Waals surface area contributed by atoms with Crippen molar-refractivity contribution in [2.75, 3.05) is 37.6 Å². The van der Waals surface area contributed by atoms with Crippen LogP contribution < -0.4 is 4.90 Å². The lowest BCUT2D eigenvalue weighted by Crippen LogP contribution is -2.50. The lowest BCUT2D eigenvalue weighted by Gasteiger charge is -2.35. The van der Waals surface area contributed by atoms with Crippen molar-refractivity contribution >= 4 is 21.9 Å². The molecule has 0 aliphatic carbocycles. The maximum atomic E-state index is 12.4. The molecule has 0 saturated carbocycles. The number of piperazine rings is 1. The molecule has 0 amide bonds. The smallest absolute Gasteiger partial charge is 0.338 e. The van der Waals surface area contributed by atoms with Crippen molar-refractivity contribution in [3.63, 3.8) is 0 Å². The zero-order valence-electron chi connectivity index (χ0n) is 10.1. The molecule has 1 saturated heterocycles. The van der Waals surface area contributed by atoms with Crippen LogP contribution in [0.15, 0.2) is 18.5 Å². The van der Waals surface area contributed by atoms with Gasteiger partial charge in [-0.2, -0.15) is 13.2 Å². The Bertz CT molecular complexity index is 393. The van der Waals surface area contributed by atoms with Crippen LogP contribution in [0.4, 0.5) is 19.1 Å². The average molecular weight is 339 g/mol. The van der Waals surface area contributed by atoms with E-state index in [0.29, 0.717) is 32.1 Å². The first-order valence-electron chi connectivity index (χ1n) is 5.92. The van der Waals surface area contributed by atoms with Gasteiger partial charge >= 0.3 is 6.18 Å². The minimum Gasteiger partial charge on any atom is -0.338 e. The van der Waals surface area contributed by atoms with Crippen LogP contribution in [0.5, 0.6) is 0 Å². The molecule has 1 unspecified atom stereocenters. The van der Waals surface area contributed by atoms with Gasteiger partial charge in [0, 0.05) is 45.1 Å². The summed E-state index contributed by atoms with van der Waals surface area (Å²) in [4.78, 5) is 10.6. The van der Waals surface area contributed by atoms with E-state index in [1.807, 2.05) is 4.90 Å². The number of rotatable bonds is 3. The summed E-state index contributed by atoms with van der Waals surface area (Å²) < 4.78 is 37.3. The third-order valence-electron chi connectivity index (χ3n) is 2.98. The minimum absolute atomic E-state index is 0.0208. The summed E-state index contributed by atoms with van der Waals surface area (Å²) in [7, 11) is 0. The van der Waals surface area contributed by atoms with Gasteiger partial charge in [-0.3, -0.25) is 4.90 Å². The highest BCUT2D eigenvalue weighted by Gasteiger charge is 2.39. The van der Waals surface area contributed by atoms with Crippen molar-refractivity contribution in [1.82, 2.24) is 14.9 Å². The Morgan fingerprint density at radius 3 is 2.26 bits per heavy atom. The summed E-state index contributed by atoms with van der Waals surface area (Å²) in [5, 5.41) is 0. The van der Waals surface area contributed by atoms with Gasteiger partial charge in [-0.1, -0.05) is 15.9 Å². The van der Waals surface area contributed by atoms with E-state index in [1.165, 1.54) is 0 Å². The first kappa shape index (κ1) is 14.5. The van der Waals surface area contributed by atoms with Crippen molar-refractivity contribution < 1.29 is 13.2 Å². The molecule has 106 valence electrons. The number of alkyl halides is 4. The maximum Gasteiger partial charge on any atom is 0.402 e. The van der Waals surface area contributed by atoms with Crippen molar-refractivity contribution in [3.8, 4) is 0 Å². The summed E-state index contributed by atoms with van der Waals surface area (Å²) in [6.45, 7) is 2.42. The highest BCUT2D eigenvalue weighted by atomic mass is 79.9. The molecule has 0 N–H and O–H groups in total. The molecule has 4 nitrogen and oxygen atoms in total. The molecule has 1 atom stereocenters. The number of hydrogen-bond donors (Lipinski definition) is 0. The summed E-state index contributed by atoms with van der Waals surface area (Å²) >= 11 is 2.69. The van der Waals surface area contributed by atoms with Gasteiger partial charge in [0.15, 0.2) is 0 Å². The van der Waals surface area contributed by atoms with E-state index in [0.717, 1.165) is 0 Å². The molecule has 19 heavy (non-hydrogen) atoms. The molecule has 0 spiro atoms. The van der Waals surface area contributed by atoms with Crippen molar-refractivity contribution in [2.24, 2.45) is 0 Å². The first-order valence-corrected chi connectivity index (χ1v) is 6.83. The van der Waals surface area contributed by atoms with Crippen LogP contribution in [0.25, 0.3) is 0 Å². The second kappa shape index (κ2) is 6.04. The monoisotopic (exact) mass is 338 g/mol. The molecule has 8 heteroatoms. The zero-order valence-corrected chi connectivity index (χ0v) is 11.7. The summed E-state index contributed by atoms with van der Waals surface area (Å²) in [6, 6.07) is 1.73. The van der Waals surface area contributed by atoms with Gasteiger partial charge < -0.3 is 4.90 Å². The van der Waals surface area contributed by atoms with Gasteiger partial charge in [0.1, 0.15) is 4.83 Å². The van der Waals surface area contributed by atoms with Crippen LogP contribution in [0, 0.1) is 0 Å². The van der Waals surface area contributed by atoms with Gasteiger partial charge in [0.25, 0.3) is 0 Å². The van der Waals surface area contributed by atoms with Crippen LogP contribution >= 0.6 is 15.9 Å². The molecular formula is C11H14BrF3N4. The largest absolute Gasteiger partial charge is 0.402 e. The van der Waals surface area contributed by atoms with Gasteiger partial charge in [-0.15, -0.1) is 0 Å². The molecule has 0 aromatic carbocycles. The molecule has 0 bridgehead atoms. The van der Waals surface area contributed by atoms with E-state index < -0.39 is 11.0 Å². The van der Waals surface area contributed by atoms with Crippen LogP contribution in [-0.2, 0) is 0 Å². The number of halogens is 4. The van der Waals surface area contributed by atoms with E-state index in [4.69, 9.17) is 0 Å². The van der Waals surface area contributed by atoms with E-state index in [-0.39, 0.29) is 6.54 Å². The summed E-state index contributed by atoms with van der Waals surface area (Å²) in [5.41, 5.74) is 0. The van der Waals surface area contributed by atoms with Crippen molar-refractivity contribution in [1.29, 1.82) is 0 Å². The topological polar surface area (TPSA) is 32.3 Å². The van der Waals surface area contributed by atoms with Gasteiger partial charge in [-0.05, 0) is 6.07 Å². The van der Waals surface area contributed by atoms with Gasteiger partial charge in [-0.25, -0.2) is 9.97 Å². The lowest BCUT2D eigenvalue weighted by atomic mass is 10.3. The predicted molar refractivity (Wildman–Crippen MR) is 69.5 cm³/mol. The molecule has 1 aliphatic heterocycles. The standard InChI is InChI=1S/C11H14BrF3N4/c12-9(11(13,14)15)8-18-4-6-19(7-5-18)10-16-2-1-3-17-10/h1-3,9H,4-8H2. The minimum atomic E-state index is -4.19. The quantitative estimate of drug-likeness (QED) is 0.788. The molecule has 1 aliphatic rings. The molecule has 2 heterocycles. The van der Waals surface area contributed by atoms with E-state index in [1.54, 1.807) is 23.4 Å². The first-order chi connectivity index (χ1) is 8.97. The van der Waals surface area contributed by atoms with E-state index in [9.17, 15) is 13.2 Å².